The molecule has 3 heteroatoms. The lowest BCUT2D eigenvalue weighted by atomic mass is 9.86. The van der Waals surface area contributed by atoms with Crippen molar-refractivity contribution in [3.63, 3.8) is 0 Å². The molecule has 0 radical (unpaired) electrons. The van der Waals surface area contributed by atoms with Crippen molar-refractivity contribution >= 4 is 15.9 Å². The number of methoxy groups -OCH3 is 1. The molecular weight excluding hydrogens is 266 g/mol. The smallest absolute Gasteiger partial charge is 0.133 e. The molecule has 0 bridgehead atoms. The third kappa shape index (κ3) is 1.34. The van der Waals surface area contributed by atoms with Crippen molar-refractivity contribution in [1.29, 1.82) is 0 Å². The molecule has 86 valence electrons. The molecule has 0 aromatic heterocycles. The van der Waals surface area contributed by atoms with E-state index in [-0.39, 0.29) is 11.0 Å². The number of ether oxygens (including phenoxy) is 1. The summed E-state index contributed by atoms with van der Waals surface area (Å²) in [7, 11) is 1.71. The molecule has 0 saturated heterocycles. The minimum atomic E-state index is 0.0752. The van der Waals surface area contributed by atoms with Gasteiger partial charge in [-0.2, -0.15) is 0 Å². The summed E-state index contributed by atoms with van der Waals surface area (Å²) in [5, 5.41) is 0. The molecule has 1 aromatic rings. The Morgan fingerprint density at radius 1 is 1.25 bits per heavy atom. The van der Waals surface area contributed by atoms with Gasteiger partial charge >= 0.3 is 0 Å². The van der Waals surface area contributed by atoms with E-state index in [1.54, 1.807) is 7.11 Å². The summed E-state index contributed by atoms with van der Waals surface area (Å²) < 4.78 is 6.36. The first-order valence-electron chi connectivity index (χ1n) is 5.74. The SMILES string of the molecule is COc1cc(C2(C3(N)CC3)CC2)ccc1Br. The Bertz CT molecular complexity index is 436. The maximum atomic E-state index is 6.40. The van der Waals surface area contributed by atoms with Gasteiger partial charge in [-0.05, 0) is 59.3 Å². The number of halogens is 1. The quantitative estimate of drug-likeness (QED) is 0.925. The molecule has 2 fully saturated rings. The lowest BCUT2D eigenvalue weighted by Crippen LogP contribution is -2.37. The van der Waals surface area contributed by atoms with Gasteiger partial charge in [0.25, 0.3) is 0 Å². The molecule has 0 aliphatic heterocycles. The van der Waals surface area contributed by atoms with Crippen LogP contribution in [0.4, 0.5) is 0 Å². The number of hydrogen-bond acceptors (Lipinski definition) is 2. The molecule has 2 nitrogen and oxygen atoms in total. The Morgan fingerprint density at radius 3 is 2.44 bits per heavy atom. The Hall–Kier alpha value is -0.540. The maximum Gasteiger partial charge on any atom is 0.133 e. The third-order valence-corrected chi connectivity index (χ3v) is 4.85. The second kappa shape index (κ2) is 3.23. The fourth-order valence-corrected chi connectivity index (χ4v) is 3.18. The van der Waals surface area contributed by atoms with Gasteiger partial charge in [0.2, 0.25) is 0 Å². The highest BCUT2D eigenvalue weighted by Gasteiger charge is 2.64. The van der Waals surface area contributed by atoms with Gasteiger partial charge in [-0.1, -0.05) is 6.07 Å². The van der Waals surface area contributed by atoms with Crippen LogP contribution in [0, 0.1) is 0 Å². The van der Waals surface area contributed by atoms with Crippen LogP contribution >= 0.6 is 15.9 Å². The molecule has 0 heterocycles. The van der Waals surface area contributed by atoms with Crippen molar-refractivity contribution in [1.82, 2.24) is 0 Å². The van der Waals surface area contributed by atoms with Crippen LogP contribution in [0.2, 0.25) is 0 Å². The van der Waals surface area contributed by atoms with Crippen LogP contribution in [0.5, 0.6) is 5.75 Å². The van der Waals surface area contributed by atoms with Gasteiger partial charge in [-0.15, -0.1) is 0 Å². The Balaban J connectivity index is 2.01. The van der Waals surface area contributed by atoms with Gasteiger partial charge in [0.05, 0.1) is 11.6 Å². The number of nitrogens with two attached hydrogens (primary N) is 1. The average molecular weight is 282 g/mol. The molecule has 2 aliphatic rings. The maximum absolute atomic E-state index is 6.40. The van der Waals surface area contributed by atoms with Crippen molar-refractivity contribution in [3.8, 4) is 5.75 Å². The first-order valence-corrected chi connectivity index (χ1v) is 6.54. The van der Waals surface area contributed by atoms with Crippen LogP contribution in [-0.2, 0) is 5.41 Å². The lowest BCUT2D eigenvalue weighted by Gasteiger charge is -2.24. The Morgan fingerprint density at radius 2 is 1.94 bits per heavy atom. The van der Waals surface area contributed by atoms with Gasteiger partial charge in [-0.3, -0.25) is 0 Å². The van der Waals surface area contributed by atoms with Gasteiger partial charge in [0.1, 0.15) is 5.75 Å². The molecule has 1 aromatic carbocycles. The normalized spacial score (nSPS) is 23.9. The summed E-state index contributed by atoms with van der Waals surface area (Å²) in [4.78, 5) is 0. The summed E-state index contributed by atoms with van der Waals surface area (Å²) in [6.07, 6.45) is 4.80. The van der Waals surface area contributed by atoms with Crippen molar-refractivity contribution < 1.29 is 4.74 Å². The van der Waals surface area contributed by atoms with Crippen LogP contribution < -0.4 is 10.5 Å². The first-order chi connectivity index (χ1) is 7.61. The van der Waals surface area contributed by atoms with Crippen molar-refractivity contribution in [3.05, 3.63) is 28.2 Å². The van der Waals surface area contributed by atoms with Crippen LogP contribution in [-0.4, -0.2) is 12.6 Å². The zero-order chi connectivity index (χ0) is 11.4. The number of hydrogen-bond donors (Lipinski definition) is 1. The van der Waals surface area contributed by atoms with E-state index in [0.717, 1.165) is 10.2 Å². The molecule has 3 rings (SSSR count). The summed E-state index contributed by atoms with van der Waals surface area (Å²) >= 11 is 3.49. The Kier molecular flexibility index (Phi) is 2.14. The standard InChI is InChI=1S/C13H16BrNO/c1-16-11-8-9(2-3-10(11)14)12(4-5-12)13(15)6-7-13/h2-3,8H,4-7,15H2,1H3. The predicted octanol–water partition coefficient (Wildman–Crippen LogP) is 2.98. The average Bonchev–Trinajstić information content (AvgIpc) is 3.14. The molecule has 2 N–H and O–H groups in total. The van der Waals surface area contributed by atoms with Crippen molar-refractivity contribution in [2.24, 2.45) is 5.73 Å². The molecule has 2 saturated carbocycles. The molecule has 2 aliphatic carbocycles. The van der Waals surface area contributed by atoms with E-state index in [4.69, 9.17) is 10.5 Å². The second-order valence-electron chi connectivity index (χ2n) is 5.09. The van der Waals surface area contributed by atoms with Crippen LogP contribution in [0.15, 0.2) is 22.7 Å². The highest BCUT2D eigenvalue weighted by Crippen LogP contribution is 2.63. The summed E-state index contributed by atoms with van der Waals surface area (Å²) in [6.45, 7) is 0. The molecular formula is C13H16BrNO. The van der Waals surface area contributed by atoms with Crippen molar-refractivity contribution in [2.45, 2.75) is 36.6 Å². The van der Waals surface area contributed by atoms with Crippen molar-refractivity contribution in [2.75, 3.05) is 7.11 Å². The molecule has 0 spiro atoms. The topological polar surface area (TPSA) is 35.2 Å². The largest absolute Gasteiger partial charge is 0.496 e. The van der Waals surface area contributed by atoms with Gasteiger partial charge in [0.15, 0.2) is 0 Å². The minimum absolute atomic E-state index is 0.0752. The molecule has 0 amide bonds. The fourth-order valence-electron chi connectivity index (χ4n) is 2.77. The van der Waals surface area contributed by atoms with E-state index < -0.39 is 0 Å². The van der Waals surface area contributed by atoms with E-state index in [1.165, 1.54) is 31.2 Å². The second-order valence-corrected chi connectivity index (χ2v) is 5.94. The Labute approximate surface area is 104 Å². The predicted molar refractivity (Wildman–Crippen MR) is 67.8 cm³/mol. The fraction of sp³-hybridized carbons (Fsp3) is 0.538. The first kappa shape index (κ1) is 10.6. The van der Waals surface area contributed by atoms with E-state index in [2.05, 4.69) is 34.1 Å². The van der Waals surface area contributed by atoms with Gasteiger partial charge < -0.3 is 10.5 Å². The molecule has 0 unspecified atom stereocenters. The zero-order valence-electron chi connectivity index (χ0n) is 9.42. The molecule has 0 atom stereocenters. The minimum Gasteiger partial charge on any atom is -0.496 e. The van der Waals surface area contributed by atoms with Crippen LogP contribution in [0.1, 0.15) is 31.2 Å². The van der Waals surface area contributed by atoms with E-state index >= 15 is 0 Å². The highest BCUT2D eigenvalue weighted by atomic mass is 79.9. The highest BCUT2D eigenvalue weighted by molar-refractivity contribution is 9.10. The summed E-state index contributed by atoms with van der Waals surface area (Å²) in [6, 6.07) is 6.40. The number of benzene rings is 1. The van der Waals surface area contributed by atoms with Crippen LogP contribution in [0.3, 0.4) is 0 Å². The van der Waals surface area contributed by atoms with Crippen LogP contribution in [0.25, 0.3) is 0 Å². The monoisotopic (exact) mass is 281 g/mol. The molecule has 16 heavy (non-hydrogen) atoms. The lowest BCUT2D eigenvalue weighted by molar-refractivity contribution is 0.409. The van der Waals surface area contributed by atoms with Gasteiger partial charge in [-0.25, -0.2) is 0 Å². The zero-order valence-corrected chi connectivity index (χ0v) is 11.0. The van der Waals surface area contributed by atoms with E-state index in [0.29, 0.717) is 0 Å². The third-order valence-electron chi connectivity index (χ3n) is 4.20. The van der Waals surface area contributed by atoms with E-state index in [9.17, 15) is 0 Å². The van der Waals surface area contributed by atoms with E-state index in [1.807, 2.05) is 0 Å². The summed E-state index contributed by atoms with van der Waals surface area (Å²) in [5.74, 6) is 0.910. The summed E-state index contributed by atoms with van der Waals surface area (Å²) in [5.41, 5.74) is 8.08. The number of rotatable bonds is 3. The van der Waals surface area contributed by atoms with Gasteiger partial charge in [0, 0.05) is 11.0 Å².